The highest BCUT2D eigenvalue weighted by Crippen LogP contribution is 2.24. The fourth-order valence-corrected chi connectivity index (χ4v) is 1.94. The molecular formula is C10H12N4S. The zero-order valence-electron chi connectivity index (χ0n) is 8.42. The van der Waals surface area contributed by atoms with Gasteiger partial charge in [-0.05, 0) is 17.7 Å². The molecule has 0 amide bonds. The van der Waals surface area contributed by atoms with Crippen LogP contribution in [0.3, 0.4) is 0 Å². The first-order chi connectivity index (χ1) is 7.29. The number of rotatable bonds is 3. The molecule has 0 unspecified atom stereocenters. The first kappa shape index (κ1) is 10.2. The molecule has 78 valence electrons. The molecule has 0 atom stereocenters. The summed E-state index contributed by atoms with van der Waals surface area (Å²) in [6.45, 7) is 0.578. The maximum atomic E-state index is 5.53. The third-order valence-electron chi connectivity index (χ3n) is 2.04. The van der Waals surface area contributed by atoms with Gasteiger partial charge >= 0.3 is 0 Å². The van der Waals surface area contributed by atoms with Crippen LogP contribution in [0.1, 0.15) is 5.56 Å². The number of hydrogen-bond acceptors (Lipinski definition) is 4. The minimum absolute atomic E-state index is 0.578. The predicted octanol–water partition coefficient (Wildman–Crippen LogP) is 1.43. The van der Waals surface area contributed by atoms with Gasteiger partial charge in [-0.3, -0.25) is 0 Å². The zero-order valence-corrected chi connectivity index (χ0v) is 9.24. The minimum atomic E-state index is 0.578. The van der Waals surface area contributed by atoms with Gasteiger partial charge in [-0.1, -0.05) is 23.9 Å². The molecule has 0 saturated carbocycles. The topological polar surface area (TPSA) is 56.7 Å². The molecule has 1 heterocycles. The lowest BCUT2D eigenvalue weighted by atomic mass is 10.2. The maximum absolute atomic E-state index is 5.53. The summed E-state index contributed by atoms with van der Waals surface area (Å²) in [5, 5.41) is 4.90. The van der Waals surface area contributed by atoms with Crippen molar-refractivity contribution in [2.45, 2.75) is 16.6 Å². The summed E-state index contributed by atoms with van der Waals surface area (Å²) in [6.07, 6.45) is 1.55. The largest absolute Gasteiger partial charge is 0.326 e. The monoisotopic (exact) mass is 220 g/mol. The molecule has 15 heavy (non-hydrogen) atoms. The molecule has 2 aromatic rings. The highest BCUT2D eigenvalue weighted by atomic mass is 32.2. The smallest absolute Gasteiger partial charge is 0.190 e. The summed E-state index contributed by atoms with van der Waals surface area (Å²) < 4.78 is 1.75. The van der Waals surface area contributed by atoms with Crippen LogP contribution >= 0.6 is 11.8 Å². The van der Waals surface area contributed by atoms with Crippen LogP contribution in [0.4, 0.5) is 0 Å². The number of nitrogens with zero attached hydrogens (tertiary/aromatic N) is 3. The van der Waals surface area contributed by atoms with E-state index in [9.17, 15) is 0 Å². The number of hydrogen-bond donors (Lipinski definition) is 1. The van der Waals surface area contributed by atoms with E-state index in [-0.39, 0.29) is 0 Å². The molecule has 0 bridgehead atoms. The molecule has 2 N–H and O–H groups in total. The number of aryl methyl sites for hydroxylation is 1. The molecule has 0 aliphatic rings. The van der Waals surface area contributed by atoms with Gasteiger partial charge in [0.25, 0.3) is 0 Å². The molecule has 0 spiro atoms. The van der Waals surface area contributed by atoms with Gasteiger partial charge in [-0.25, -0.2) is 9.67 Å². The van der Waals surface area contributed by atoms with Gasteiger partial charge in [-0.15, -0.1) is 0 Å². The van der Waals surface area contributed by atoms with Crippen LogP contribution in [0, 0.1) is 0 Å². The number of benzene rings is 1. The Labute approximate surface area is 92.5 Å². The Morgan fingerprint density at radius 1 is 1.33 bits per heavy atom. The van der Waals surface area contributed by atoms with Gasteiger partial charge in [0.15, 0.2) is 5.16 Å². The van der Waals surface area contributed by atoms with Crippen molar-refractivity contribution in [2.24, 2.45) is 12.8 Å². The highest BCUT2D eigenvalue weighted by Gasteiger charge is 2.02. The van der Waals surface area contributed by atoms with Gasteiger partial charge < -0.3 is 5.73 Å². The van der Waals surface area contributed by atoms with Crippen molar-refractivity contribution in [3.63, 3.8) is 0 Å². The average molecular weight is 220 g/mol. The van der Waals surface area contributed by atoms with Gasteiger partial charge in [0.2, 0.25) is 0 Å². The van der Waals surface area contributed by atoms with Crippen LogP contribution in [0.15, 0.2) is 40.6 Å². The summed E-state index contributed by atoms with van der Waals surface area (Å²) >= 11 is 1.59. The van der Waals surface area contributed by atoms with E-state index in [1.807, 2.05) is 31.3 Å². The molecule has 4 nitrogen and oxygen atoms in total. The van der Waals surface area contributed by atoms with Crippen LogP contribution in [0.2, 0.25) is 0 Å². The predicted molar refractivity (Wildman–Crippen MR) is 59.5 cm³/mol. The van der Waals surface area contributed by atoms with Crippen LogP contribution in [0.25, 0.3) is 0 Å². The van der Waals surface area contributed by atoms with Crippen LogP contribution < -0.4 is 5.73 Å². The maximum Gasteiger partial charge on any atom is 0.190 e. The second-order valence-electron chi connectivity index (χ2n) is 3.12. The fourth-order valence-electron chi connectivity index (χ4n) is 1.18. The van der Waals surface area contributed by atoms with E-state index in [2.05, 4.69) is 10.1 Å². The third-order valence-corrected chi connectivity index (χ3v) is 3.10. The minimum Gasteiger partial charge on any atom is -0.326 e. The third kappa shape index (κ3) is 2.37. The van der Waals surface area contributed by atoms with Crippen LogP contribution in [-0.2, 0) is 13.6 Å². The molecule has 2 rings (SSSR count). The molecular weight excluding hydrogens is 208 g/mol. The van der Waals surface area contributed by atoms with Crippen LogP contribution in [-0.4, -0.2) is 14.8 Å². The van der Waals surface area contributed by atoms with Crippen molar-refractivity contribution in [1.29, 1.82) is 0 Å². The van der Waals surface area contributed by atoms with E-state index < -0.39 is 0 Å². The Bertz CT molecular complexity index is 435. The van der Waals surface area contributed by atoms with Crippen molar-refractivity contribution < 1.29 is 0 Å². The second kappa shape index (κ2) is 4.46. The van der Waals surface area contributed by atoms with Crippen molar-refractivity contribution in [3.05, 3.63) is 36.2 Å². The Balaban J connectivity index is 2.14. The standard InChI is InChI=1S/C10H12N4S/c1-14-10(12-7-13-14)15-9-4-2-8(6-11)3-5-9/h2-5,7H,6,11H2,1H3. The Morgan fingerprint density at radius 2 is 2.07 bits per heavy atom. The van der Waals surface area contributed by atoms with Crippen molar-refractivity contribution in [1.82, 2.24) is 14.8 Å². The van der Waals surface area contributed by atoms with E-state index in [4.69, 9.17) is 5.73 Å². The molecule has 1 aromatic carbocycles. The summed E-state index contributed by atoms with van der Waals surface area (Å²) in [5.74, 6) is 0. The van der Waals surface area contributed by atoms with Crippen molar-refractivity contribution in [3.8, 4) is 0 Å². The lowest BCUT2D eigenvalue weighted by molar-refractivity contribution is 0.685. The summed E-state index contributed by atoms with van der Waals surface area (Å²) in [7, 11) is 1.88. The Morgan fingerprint density at radius 3 is 2.60 bits per heavy atom. The van der Waals surface area contributed by atoms with E-state index in [0.717, 1.165) is 15.6 Å². The normalized spacial score (nSPS) is 10.5. The van der Waals surface area contributed by atoms with E-state index in [1.54, 1.807) is 22.8 Å². The molecule has 0 fully saturated rings. The molecule has 0 radical (unpaired) electrons. The Hall–Kier alpha value is -1.33. The van der Waals surface area contributed by atoms with Gasteiger partial charge in [0.1, 0.15) is 6.33 Å². The van der Waals surface area contributed by atoms with Gasteiger partial charge in [0, 0.05) is 18.5 Å². The first-order valence-electron chi connectivity index (χ1n) is 4.60. The lowest BCUT2D eigenvalue weighted by Gasteiger charge is -2.01. The molecule has 0 aliphatic heterocycles. The quantitative estimate of drug-likeness (QED) is 0.850. The first-order valence-corrected chi connectivity index (χ1v) is 5.42. The summed E-state index contributed by atoms with van der Waals surface area (Å²) in [6, 6.07) is 8.14. The zero-order chi connectivity index (χ0) is 10.7. The number of aromatic nitrogens is 3. The summed E-state index contributed by atoms with van der Waals surface area (Å²) in [4.78, 5) is 5.29. The molecule has 0 saturated heterocycles. The highest BCUT2D eigenvalue weighted by molar-refractivity contribution is 7.99. The van der Waals surface area contributed by atoms with Gasteiger partial charge in [-0.2, -0.15) is 5.10 Å². The van der Waals surface area contributed by atoms with E-state index >= 15 is 0 Å². The Kier molecular flexibility index (Phi) is 3.03. The van der Waals surface area contributed by atoms with Crippen molar-refractivity contribution >= 4 is 11.8 Å². The number of nitrogens with two attached hydrogens (primary N) is 1. The van der Waals surface area contributed by atoms with Crippen LogP contribution in [0.5, 0.6) is 0 Å². The molecule has 0 aliphatic carbocycles. The average Bonchev–Trinajstić information content (AvgIpc) is 2.66. The van der Waals surface area contributed by atoms with Crippen molar-refractivity contribution in [2.75, 3.05) is 0 Å². The summed E-state index contributed by atoms with van der Waals surface area (Å²) in [5.41, 5.74) is 6.66. The second-order valence-corrected chi connectivity index (χ2v) is 4.16. The van der Waals surface area contributed by atoms with E-state index in [1.165, 1.54) is 0 Å². The van der Waals surface area contributed by atoms with E-state index in [0.29, 0.717) is 6.54 Å². The van der Waals surface area contributed by atoms with Gasteiger partial charge in [0.05, 0.1) is 0 Å². The SMILES string of the molecule is Cn1ncnc1Sc1ccc(CN)cc1. The lowest BCUT2D eigenvalue weighted by Crippen LogP contribution is -1.95. The molecule has 1 aromatic heterocycles. The fraction of sp³-hybridized carbons (Fsp3) is 0.200. The molecule has 5 heteroatoms.